The molecule has 0 spiro atoms. The Hall–Kier alpha value is -3.08. The summed E-state index contributed by atoms with van der Waals surface area (Å²) in [6, 6.07) is 6.83. The average Bonchev–Trinajstić information content (AvgIpc) is 3.01. The first-order valence-electron chi connectivity index (χ1n) is 8.90. The Balaban J connectivity index is 2.21. The van der Waals surface area contributed by atoms with Gasteiger partial charge in [0.15, 0.2) is 5.76 Å². The zero-order valence-electron chi connectivity index (χ0n) is 16.2. The van der Waals surface area contributed by atoms with Crippen molar-refractivity contribution in [2.45, 2.75) is 26.8 Å². The van der Waals surface area contributed by atoms with E-state index < -0.39 is 17.2 Å². The molecule has 0 bridgehead atoms. The molecule has 150 valence electrons. The molecule has 0 amide bonds. The lowest BCUT2D eigenvalue weighted by atomic mass is 9.98. The summed E-state index contributed by atoms with van der Waals surface area (Å²) in [7, 11) is 1.52. The van der Waals surface area contributed by atoms with Gasteiger partial charge in [0.25, 0.3) is 5.56 Å². The number of ether oxygens (including phenoxy) is 1. The minimum Gasteiger partial charge on any atom is -0.494 e. The highest BCUT2D eigenvalue weighted by Gasteiger charge is 2.28. The van der Waals surface area contributed by atoms with E-state index in [1.54, 1.807) is 25.1 Å². The standard InChI is InChI=1S/C21H19ClN2O5/c1-11-15(10-23)20(26)24(7-4-8-28-3)21(27)17(11)18(25)19-12(2)14-9-13(22)5-6-16(14)29-19/h5-6,9,27H,4,7-8H2,1-3H3. The number of pyridine rings is 1. The molecule has 1 N–H and O–H groups in total. The van der Waals surface area contributed by atoms with Crippen molar-refractivity contribution in [1.82, 2.24) is 4.57 Å². The van der Waals surface area contributed by atoms with E-state index in [2.05, 4.69) is 0 Å². The molecular weight excluding hydrogens is 396 g/mol. The highest BCUT2D eigenvalue weighted by molar-refractivity contribution is 6.31. The van der Waals surface area contributed by atoms with Crippen LogP contribution in [0.15, 0.2) is 27.4 Å². The van der Waals surface area contributed by atoms with Gasteiger partial charge in [0.2, 0.25) is 11.7 Å². The van der Waals surface area contributed by atoms with E-state index >= 15 is 0 Å². The van der Waals surface area contributed by atoms with Crippen LogP contribution in [0.25, 0.3) is 11.0 Å². The van der Waals surface area contributed by atoms with Crippen molar-refractivity contribution in [1.29, 1.82) is 5.26 Å². The number of carbonyl (C=O) groups excluding carboxylic acids is 1. The van der Waals surface area contributed by atoms with E-state index in [9.17, 15) is 20.0 Å². The molecule has 3 aromatic rings. The van der Waals surface area contributed by atoms with E-state index in [1.165, 1.54) is 14.0 Å². The van der Waals surface area contributed by atoms with Gasteiger partial charge in [-0.2, -0.15) is 5.26 Å². The smallest absolute Gasteiger partial charge is 0.271 e. The minimum absolute atomic E-state index is 0.0200. The molecule has 3 rings (SSSR count). The zero-order valence-corrected chi connectivity index (χ0v) is 17.0. The summed E-state index contributed by atoms with van der Waals surface area (Å²) in [6.45, 7) is 3.62. The Morgan fingerprint density at radius 2 is 2.07 bits per heavy atom. The first-order valence-corrected chi connectivity index (χ1v) is 9.28. The van der Waals surface area contributed by atoms with Crippen LogP contribution in [0.1, 0.15) is 39.2 Å². The van der Waals surface area contributed by atoms with Crippen LogP contribution in [0, 0.1) is 25.2 Å². The fourth-order valence-electron chi connectivity index (χ4n) is 3.32. The van der Waals surface area contributed by atoms with Crippen LogP contribution in [0.5, 0.6) is 5.88 Å². The van der Waals surface area contributed by atoms with Gasteiger partial charge in [0.05, 0.1) is 5.56 Å². The number of rotatable bonds is 6. The van der Waals surface area contributed by atoms with Crippen LogP contribution < -0.4 is 5.56 Å². The molecule has 0 aliphatic heterocycles. The number of fused-ring (bicyclic) bond motifs is 1. The summed E-state index contributed by atoms with van der Waals surface area (Å²) in [5.74, 6) is -1.08. The van der Waals surface area contributed by atoms with Crippen molar-refractivity contribution >= 4 is 28.4 Å². The molecule has 1 aromatic carbocycles. The third-order valence-electron chi connectivity index (χ3n) is 4.86. The Kier molecular flexibility index (Phi) is 5.78. The SMILES string of the molecule is COCCCn1c(O)c(C(=O)c2oc3ccc(Cl)cc3c2C)c(C)c(C#N)c1=O. The fourth-order valence-corrected chi connectivity index (χ4v) is 3.49. The molecule has 29 heavy (non-hydrogen) atoms. The number of carbonyl (C=O) groups is 1. The van der Waals surface area contributed by atoms with Crippen LogP contribution in [0.4, 0.5) is 0 Å². The number of furan rings is 1. The fraction of sp³-hybridized carbons (Fsp3) is 0.286. The summed E-state index contributed by atoms with van der Waals surface area (Å²) in [5.41, 5.74) is 0.166. The molecule has 0 fully saturated rings. The highest BCUT2D eigenvalue weighted by atomic mass is 35.5. The third-order valence-corrected chi connectivity index (χ3v) is 5.10. The molecule has 0 atom stereocenters. The Labute approximate surface area is 171 Å². The Bertz CT molecular complexity index is 1220. The number of hydrogen-bond donors (Lipinski definition) is 1. The van der Waals surface area contributed by atoms with Gasteiger partial charge in [-0.05, 0) is 44.0 Å². The Morgan fingerprint density at radius 1 is 1.34 bits per heavy atom. The second-order valence-corrected chi connectivity index (χ2v) is 7.08. The number of nitriles is 1. The van der Waals surface area contributed by atoms with Gasteiger partial charge in [-0.1, -0.05) is 11.6 Å². The number of hydrogen-bond acceptors (Lipinski definition) is 6. The van der Waals surface area contributed by atoms with Crippen molar-refractivity contribution in [3.8, 4) is 11.9 Å². The van der Waals surface area contributed by atoms with Gasteiger partial charge >= 0.3 is 0 Å². The normalized spacial score (nSPS) is 11.0. The van der Waals surface area contributed by atoms with Crippen molar-refractivity contribution in [2.24, 2.45) is 0 Å². The number of methoxy groups -OCH3 is 1. The summed E-state index contributed by atoms with van der Waals surface area (Å²) >= 11 is 6.03. The van der Waals surface area contributed by atoms with Crippen molar-refractivity contribution in [3.63, 3.8) is 0 Å². The highest BCUT2D eigenvalue weighted by Crippen LogP contribution is 2.32. The molecule has 8 heteroatoms. The number of aromatic hydroxyl groups is 1. The van der Waals surface area contributed by atoms with Crippen LogP contribution >= 0.6 is 11.6 Å². The number of ketones is 1. The summed E-state index contributed by atoms with van der Waals surface area (Å²) in [6.07, 6.45) is 0.424. The van der Waals surface area contributed by atoms with Crippen LogP contribution in [-0.4, -0.2) is 29.2 Å². The molecule has 0 radical (unpaired) electrons. The maximum atomic E-state index is 13.3. The predicted molar refractivity (Wildman–Crippen MR) is 108 cm³/mol. The molecule has 0 saturated carbocycles. The lowest BCUT2D eigenvalue weighted by molar-refractivity contribution is 0.100. The predicted octanol–water partition coefficient (Wildman–Crippen LogP) is 3.71. The molecule has 0 aliphatic rings. The van der Waals surface area contributed by atoms with Crippen LogP contribution in [-0.2, 0) is 11.3 Å². The van der Waals surface area contributed by atoms with Gasteiger partial charge in [-0.15, -0.1) is 0 Å². The molecule has 0 saturated heterocycles. The van der Waals surface area contributed by atoms with Crippen LogP contribution in [0.3, 0.4) is 0 Å². The minimum atomic E-state index is -0.650. The van der Waals surface area contributed by atoms with Crippen LogP contribution in [0.2, 0.25) is 5.02 Å². The molecule has 7 nitrogen and oxygen atoms in total. The van der Waals surface area contributed by atoms with Crippen molar-refractivity contribution in [3.05, 3.63) is 61.6 Å². The first-order chi connectivity index (χ1) is 13.8. The van der Waals surface area contributed by atoms with E-state index in [1.807, 2.05) is 6.07 Å². The summed E-state index contributed by atoms with van der Waals surface area (Å²) in [5, 5.41) is 21.4. The topological polar surface area (TPSA) is 105 Å². The first kappa shape index (κ1) is 20.6. The number of aryl methyl sites for hydroxylation is 1. The monoisotopic (exact) mass is 414 g/mol. The number of benzene rings is 1. The van der Waals surface area contributed by atoms with E-state index in [0.717, 1.165) is 4.57 Å². The molecule has 0 aliphatic carbocycles. The second kappa shape index (κ2) is 8.11. The molecule has 2 aromatic heterocycles. The summed E-state index contributed by atoms with van der Waals surface area (Å²) < 4.78 is 11.7. The second-order valence-electron chi connectivity index (χ2n) is 6.64. The number of halogens is 1. The van der Waals surface area contributed by atoms with Gasteiger partial charge in [0.1, 0.15) is 17.2 Å². The third kappa shape index (κ3) is 3.53. The lowest BCUT2D eigenvalue weighted by Gasteiger charge is -2.15. The van der Waals surface area contributed by atoms with E-state index in [0.29, 0.717) is 34.6 Å². The summed E-state index contributed by atoms with van der Waals surface area (Å²) in [4.78, 5) is 25.9. The van der Waals surface area contributed by atoms with Gasteiger partial charge in [-0.3, -0.25) is 14.2 Å². The average molecular weight is 415 g/mol. The maximum absolute atomic E-state index is 13.3. The largest absolute Gasteiger partial charge is 0.494 e. The van der Waals surface area contributed by atoms with Gasteiger partial charge in [0, 0.05) is 36.2 Å². The van der Waals surface area contributed by atoms with E-state index in [4.69, 9.17) is 20.8 Å². The quantitative estimate of drug-likeness (QED) is 0.487. The molecular formula is C21H19ClN2O5. The number of aromatic nitrogens is 1. The van der Waals surface area contributed by atoms with E-state index in [-0.39, 0.29) is 29.0 Å². The van der Waals surface area contributed by atoms with Crippen molar-refractivity contribution < 1.29 is 19.1 Å². The molecule has 2 heterocycles. The number of nitrogens with zero attached hydrogens (tertiary/aromatic N) is 2. The van der Waals surface area contributed by atoms with Crippen molar-refractivity contribution in [2.75, 3.05) is 13.7 Å². The lowest BCUT2D eigenvalue weighted by Crippen LogP contribution is -2.27. The molecule has 0 unspecified atom stereocenters. The Morgan fingerprint density at radius 3 is 2.72 bits per heavy atom. The van der Waals surface area contributed by atoms with Gasteiger partial charge < -0.3 is 14.3 Å². The zero-order chi connectivity index (χ0) is 21.3. The van der Waals surface area contributed by atoms with Gasteiger partial charge in [-0.25, -0.2) is 0 Å². The maximum Gasteiger partial charge on any atom is 0.271 e.